The highest BCUT2D eigenvalue weighted by Crippen LogP contribution is 2.26. The van der Waals surface area contributed by atoms with Gasteiger partial charge in [0.2, 0.25) is 0 Å². The Labute approximate surface area is 126 Å². The van der Waals surface area contributed by atoms with Crippen LogP contribution in [0.25, 0.3) is 0 Å². The quantitative estimate of drug-likeness (QED) is 0.586. The lowest BCUT2D eigenvalue weighted by molar-refractivity contribution is -0.170. The molecule has 0 N–H and O–H groups in total. The molecule has 0 saturated carbocycles. The molecular weight excluding hydrogens is 326 g/mol. The van der Waals surface area contributed by atoms with E-state index < -0.39 is 17.4 Å². The molecule has 0 amide bonds. The summed E-state index contributed by atoms with van der Waals surface area (Å²) in [6, 6.07) is 3.56. The molecule has 0 aromatic carbocycles. The van der Waals surface area contributed by atoms with E-state index in [-0.39, 0.29) is 19.6 Å². The fraction of sp³-hybridized carbons (Fsp3) is 0.500. The van der Waals surface area contributed by atoms with E-state index in [1.54, 1.807) is 32.2 Å². The lowest BCUT2D eigenvalue weighted by Crippen LogP contribution is -2.41. The van der Waals surface area contributed by atoms with Crippen LogP contribution < -0.4 is 0 Å². The van der Waals surface area contributed by atoms with Crippen LogP contribution in [0.3, 0.4) is 0 Å². The second-order valence-electron chi connectivity index (χ2n) is 4.42. The SMILES string of the molecule is CCOC(=O)C(C)(Cc1ccc(Br)cn1)C(=O)OCC. The van der Waals surface area contributed by atoms with Crippen LogP contribution >= 0.6 is 15.9 Å². The summed E-state index contributed by atoms with van der Waals surface area (Å²) in [7, 11) is 0. The van der Waals surface area contributed by atoms with Crippen molar-refractivity contribution in [3.05, 3.63) is 28.5 Å². The van der Waals surface area contributed by atoms with Crippen LogP contribution in [0.2, 0.25) is 0 Å². The van der Waals surface area contributed by atoms with Gasteiger partial charge in [0, 0.05) is 22.8 Å². The first-order valence-electron chi connectivity index (χ1n) is 6.39. The normalized spacial score (nSPS) is 11.0. The molecule has 0 fully saturated rings. The minimum atomic E-state index is -1.38. The van der Waals surface area contributed by atoms with Gasteiger partial charge in [-0.3, -0.25) is 14.6 Å². The van der Waals surface area contributed by atoms with Crippen molar-refractivity contribution in [3.63, 3.8) is 0 Å². The van der Waals surface area contributed by atoms with Gasteiger partial charge < -0.3 is 9.47 Å². The number of hydrogen-bond donors (Lipinski definition) is 0. The van der Waals surface area contributed by atoms with E-state index in [1.165, 1.54) is 6.92 Å². The lowest BCUT2D eigenvalue weighted by atomic mass is 9.85. The molecule has 20 heavy (non-hydrogen) atoms. The van der Waals surface area contributed by atoms with Crippen molar-refractivity contribution in [2.45, 2.75) is 27.2 Å². The minimum Gasteiger partial charge on any atom is -0.465 e. The Morgan fingerprint density at radius 3 is 2.15 bits per heavy atom. The van der Waals surface area contributed by atoms with Gasteiger partial charge in [-0.05, 0) is 48.8 Å². The van der Waals surface area contributed by atoms with Gasteiger partial charge in [-0.15, -0.1) is 0 Å². The highest BCUT2D eigenvalue weighted by molar-refractivity contribution is 9.10. The third kappa shape index (κ3) is 4.03. The first-order chi connectivity index (χ1) is 9.43. The van der Waals surface area contributed by atoms with Gasteiger partial charge in [-0.25, -0.2) is 0 Å². The van der Waals surface area contributed by atoms with E-state index in [4.69, 9.17) is 9.47 Å². The summed E-state index contributed by atoms with van der Waals surface area (Å²) in [5, 5.41) is 0. The fourth-order valence-electron chi connectivity index (χ4n) is 1.68. The van der Waals surface area contributed by atoms with Gasteiger partial charge in [0.05, 0.1) is 13.2 Å². The Morgan fingerprint density at radius 2 is 1.75 bits per heavy atom. The Bertz CT molecular complexity index is 455. The number of nitrogens with zero attached hydrogens (tertiary/aromatic N) is 1. The zero-order chi connectivity index (χ0) is 15.2. The fourth-order valence-corrected chi connectivity index (χ4v) is 1.92. The van der Waals surface area contributed by atoms with Gasteiger partial charge in [-0.1, -0.05) is 0 Å². The van der Waals surface area contributed by atoms with E-state index in [2.05, 4.69) is 20.9 Å². The third-order valence-electron chi connectivity index (χ3n) is 2.78. The Morgan fingerprint density at radius 1 is 1.20 bits per heavy atom. The van der Waals surface area contributed by atoms with E-state index in [0.29, 0.717) is 5.69 Å². The van der Waals surface area contributed by atoms with Crippen molar-refractivity contribution in [2.24, 2.45) is 5.41 Å². The van der Waals surface area contributed by atoms with Gasteiger partial charge in [0.25, 0.3) is 0 Å². The predicted octanol–water partition coefficient (Wildman–Crippen LogP) is 2.52. The predicted molar refractivity (Wildman–Crippen MR) is 77.0 cm³/mol. The summed E-state index contributed by atoms with van der Waals surface area (Å²) in [5.41, 5.74) is -0.760. The number of carbonyl (C=O) groups is 2. The highest BCUT2D eigenvalue weighted by atomic mass is 79.9. The molecular formula is C14H18BrNO4. The maximum atomic E-state index is 12.1. The zero-order valence-electron chi connectivity index (χ0n) is 11.8. The van der Waals surface area contributed by atoms with E-state index in [1.807, 2.05) is 0 Å². The largest absolute Gasteiger partial charge is 0.465 e. The maximum Gasteiger partial charge on any atom is 0.323 e. The van der Waals surface area contributed by atoms with E-state index in [0.717, 1.165) is 4.47 Å². The van der Waals surface area contributed by atoms with Crippen LogP contribution in [0.5, 0.6) is 0 Å². The number of hydrogen-bond acceptors (Lipinski definition) is 5. The first-order valence-corrected chi connectivity index (χ1v) is 7.18. The van der Waals surface area contributed by atoms with Gasteiger partial charge in [0.1, 0.15) is 0 Å². The van der Waals surface area contributed by atoms with Gasteiger partial charge in [-0.2, -0.15) is 0 Å². The van der Waals surface area contributed by atoms with Crippen molar-refractivity contribution in [1.82, 2.24) is 4.98 Å². The summed E-state index contributed by atoms with van der Waals surface area (Å²) in [6.07, 6.45) is 1.75. The topological polar surface area (TPSA) is 65.5 Å². The Balaban J connectivity index is 3.00. The Hall–Kier alpha value is -1.43. The van der Waals surface area contributed by atoms with Crippen LogP contribution in [0.15, 0.2) is 22.8 Å². The number of rotatable bonds is 6. The number of halogens is 1. The molecule has 1 heterocycles. The third-order valence-corrected chi connectivity index (χ3v) is 3.24. The molecule has 0 bridgehead atoms. The van der Waals surface area contributed by atoms with Crippen LogP contribution in [-0.4, -0.2) is 30.1 Å². The summed E-state index contributed by atoms with van der Waals surface area (Å²) < 4.78 is 10.8. The Kier molecular flexibility index (Phi) is 6.13. The molecule has 0 radical (unpaired) electrons. The average Bonchev–Trinajstić information content (AvgIpc) is 2.41. The summed E-state index contributed by atoms with van der Waals surface area (Å²) >= 11 is 3.29. The van der Waals surface area contributed by atoms with Crippen LogP contribution in [0.1, 0.15) is 26.5 Å². The van der Waals surface area contributed by atoms with Crippen molar-refractivity contribution in [3.8, 4) is 0 Å². The van der Waals surface area contributed by atoms with Crippen LogP contribution in [0.4, 0.5) is 0 Å². The maximum absolute atomic E-state index is 12.1. The molecule has 110 valence electrons. The molecule has 1 aromatic heterocycles. The monoisotopic (exact) mass is 343 g/mol. The molecule has 1 aromatic rings. The molecule has 6 heteroatoms. The molecule has 0 atom stereocenters. The first kappa shape index (κ1) is 16.6. The summed E-state index contributed by atoms with van der Waals surface area (Å²) in [4.78, 5) is 28.4. The molecule has 0 aliphatic heterocycles. The number of pyridine rings is 1. The molecule has 5 nitrogen and oxygen atoms in total. The molecule has 1 rings (SSSR count). The van der Waals surface area contributed by atoms with Crippen LogP contribution in [0, 0.1) is 5.41 Å². The van der Waals surface area contributed by atoms with Crippen LogP contribution in [-0.2, 0) is 25.5 Å². The minimum absolute atomic E-state index is 0.137. The number of esters is 2. The molecule has 0 spiro atoms. The second-order valence-corrected chi connectivity index (χ2v) is 5.33. The lowest BCUT2D eigenvalue weighted by Gasteiger charge is -2.24. The van der Waals surface area contributed by atoms with E-state index in [9.17, 15) is 9.59 Å². The zero-order valence-corrected chi connectivity index (χ0v) is 13.4. The molecule has 0 unspecified atom stereocenters. The van der Waals surface area contributed by atoms with Crippen molar-refractivity contribution >= 4 is 27.9 Å². The second kappa shape index (κ2) is 7.38. The number of ether oxygens (including phenoxy) is 2. The molecule has 0 aliphatic rings. The van der Waals surface area contributed by atoms with Gasteiger partial charge >= 0.3 is 11.9 Å². The highest BCUT2D eigenvalue weighted by Gasteiger charge is 2.44. The standard InChI is InChI=1S/C14H18BrNO4/c1-4-19-12(17)14(3,13(18)20-5-2)8-11-7-6-10(15)9-16-11/h6-7,9H,4-5,8H2,1-3H3. The molecule has 0 aliphatic carbocycles. The average molecular weight is 344 g/mol. The van der Waals surface area contributed by atoms with E-state index >= 15 is 0 Å². The number of carbonyl (C=O) groups excluding carboxylic acids is 2. The number of aromatic nitrogens is 1. The molecule has 0 saturated heterocycles. The summed E-state index contributed by atoms with van der Waals surface area (Å²) in [6.45, 7) is 5.33. The smallest absolute Gasteiger partial charge is 0.323 e. The van der Waals surface area contributed by atoms with Crippen molar-refractivity contribution in [1.29, 1.82) is 0 Å². The van der Waals surface area contributed by atoms with Crippen molar-refractivity contribution in [2.75, 3.05) is 13.2 Å². The van der Waals surface area contributed by atoms with Gasteiger partial charge in [0.15, 0.2) is 5.41 Å². The van der Waals surface area contributed by atoms with Crippen molar-refractivity contribution < 1.29 is 19.1 Å². The summed E-state index contributed by atoms with van der Waals surface area (Å²) in [5.74, 6) is -1.19.